The molecule has 0 fully saturated rings. The Balaban J connectivity index is 2.12. The first-order valence-corrected chi connectivity index (χ1v) is 7.17. The first-order valence-electron chi connectivity index (χ1n) is 6.38. The average molecular weight is 355 g/mol. The Morgan fingerprint density at radius 3 is 2.90 bits per heavy atom. The lowest BCUT2D eigenvalue weighted by Gasteiger charge is -2.04. The van der Waals surface area contributed by atoms with E-state index in [0.717, 1.165) is 15.8 Å². The van der Waals surface area contributed by atoms with Crippen molar-refractivity contribution in [2.24, 2.45) is 5.92 Å². The Kier molecular flexibility index (Phi) is 4.95. The molecule has 0 amide bonds. The van der Waals surface area contributed by atoms with Crippen LogP contribution >= 0.6 is 15.9 Å². The summed E-state index contributed by atoms with van der Waals surface area (Å²) in [4.78, 5) is 14.9. The average Bonchev–Trinajstić information content (AvgIpc) is 2.86. The van der Waals surface area contributed by atoms with Crippen molar-refractivity contribution in [2.45, 2.75) is 19.8 Å². The number of aromatic nitrogens is 2. The van der Waals surface area contributed by atoms with E-state index in [1.807, 2.05) is 25.1 Å². The lowest BCUT2D eigenvalue weighted by molar-refractivity contribution is -0.137. The van der Waals surface area contributed by atoms with E-state index in [9.17, 15) is 4.79 Å². The van der Waals surface area contributed by atoms with E-state index in [4.69, 9.17) is 14.4 Å². The number of carboxylic acid groups (broad SMARTS) is 1. The maximum absolute atomic E-state index is 10.6. The van der Waals surface area contributed by atoms with Crippen LogP contribution in [0.5, 0.6) is 5.75 Å². The minimum absolute atomic E-state index is 0.0570. The standard InChI is InChI=1S/C14H15BrN2O4/c1-8(6-13(18)19)5-12-16-14(17-21-12)9-3-4-11(20-2)10(15)7-9/h3-4,7-8H,5-6H2,1-2H3,(H,18,19). The van der Waals surface area contributed by atoms with Gasteiger partial charge in [0.15, 0.2) is 0 Å². The Morgan fingerprint density at radius 2 is 2.29 bits per heavy atom. The summed E-state index contributed by atoms with van der Waals surface area (Å²) in [6, 6.07) is 5.48. The van der Waals surface area contributed by atoms with Gasteiger partial charge in [0.1, 0.15) is 5.75 Å². The zero-order chi connectivity index (χ0) is 15.4. The number of aliphatic carboxylic acids is 1. The van der Waals surface area contributed by atoms with Crippen molar-refractivity contribution in [3.05, 3.63) is 28.6 Å². The number of carbonyl (C=O) groups is 1. The number of benzene rings is 1. The van der Waals surface area contributed by atoms with Crippen molar-refractivity contribution in [2.75, 3.05) is 7.11 Å². The molecular formula is C14H15BrN2O4. The number of rotatable bonds is 6. The van der Waals surface area contributed by atoms with Gasteiger partial charge in [-0.3, -0.25) is 4.79 Å². The number of hydrogen-bond acceptors (Lipinski definition) is 5. The van der Waals surface area contributed by atoms with Crippen LogP contribution < -0.4 is 4.74 Å². The zero-order valence-electron chi connectivity index (χ0n) is 11.7. The van der Waals surface area contributed by atoms with Gasteiger partial charge in [0.05, 0.1) is 11.6 Å². The minimum atomic E-state index is -0.832. The van der Waals surface area contributed by atoms with E-state index in [0.29, 0.717) is 18.1 Å². The van der Waals surface area contributed by atoms with Gasteiger partial charge in [-0.25, -0.2) is 0 Å². The first-order chi connectivity index (χ1) is 9.99. The van der Waals surface area contributed by atoms with Gasteiger partial charge >= 0.3 is 5.97 Å². The molecule has 0 radical (unpaired) electrons. The molecule has 1 aromatic carbocycles. The van der Waals surface area contributed by atoms with Gasteiger partial charge in [-0.2, -0.15) is 4.98 Å². The van der Waals surface area contributed by atoms with Gasteiger partial charge in [-0.05, 0) is 40.0 Å². The van der Waals surface area contributed by atoms with Gasteiger partial charge in [-0.1, -0.05) is 12.1 Å². The molecule has 0 saturated carbocycles. The fourth-order valence-corrected chi connectivity index (χ4v) is 2.47. The highest BCUT2D eigenvalue weighted by atomic mass is 79.9. The van der Waals surface area contributed by atoms with Crippen LogP contribution in [0.15, 0.2) is 27.2 Å². The molecule has 7 heteroatoms. The molecule has 1 heterocycles. The third kappa shape index (κ3) is 4.04. The Hall–Kier alpha value is -1.89. The number of halogens is 1. The molecule has 0 bridgehead atoms. The first kappa shape index (κ1) is 15.5. The van der Waals surface area contributed by atoms with Crippen LogP contribution in [0.25, 0.3) is 11.4 Å². The number of methoxy groups -OCH3 is 1. The second-order valence-electron chi connectivity index (χ2n) is 4.77. The summed E-state index contributed by atoms with van der Waals surface area (Å²) in [6.45, 7) is 1.84. The number of hydrogen-bond donors (Lipinski definition) is 1. The molecule has 112 valence electrons. The summed E-state index contributed by atoms with van der Waals surface area (Å²) >= 11 is 3.40. The SMILES string of the molecule is COc1ccc(-c2noc(CC(C)CC(=O)O)n2)cc1Br. The van der Waals surface area contributed by atoms with Crippen molar-refractivity contribution in [1.82, 2.24) is 10.1 Å². The highest BCUT2D eigenvalue weighted by Crippen LogP contribution is 2.29. The molecule has 1 atom stereocenters. The van der Waals surface area contributed by atoms with E-state index >= 15 is 0 Å². The van der Waals surface area contributed by atoms with E-state index in [1.165, 1.54) is 0 Å². The predicted octanol–water partition coefficient (Wildman–Crippen LogP) is 3.16. The minimum Gasteiger partial charge on any atom is -0.496 e. The molecule has 1 unspecified atom stereocenters. The van der Waals surface area contributed by atoms with E-state index in [2.05, 4.69) is 26.1 Å². The van der Waals surface area contributed by atoms with Crippen molar-refractivity contribution >= 4 is 21.9 Å². The highest BCUT2D eigenvalue weighted by molar-refractivity contribution is 9.10. The number of nitrogens with zero attached hydrogens (tertiary/aromatic N) is 2. The normalized spacial score (nSPS) is 12.1. The van der Waals surface area contributed by atoms with Crippen LogP contribution in [0.3, 0.4) is 0 Å². The van der Waals surface area contributed by atoms with Crippen molar-refractivity contribution in [1.29, 1.82) is 0 Å². The Morgan fingerprint density at radius 1 is 1.52 bits per heavy atom. The maximum atomic E-state index is 10.6. The van der Waals surface area contributed by atoms with Gasteiger partial charge in [-0.15, -0.1) is 0 Å². The van der Waals surface area contributed by atoms with Crippen LogP contribution in [0.4, 0.5) is 0 Å². The molecular weight excluding hydrogens is 340 g/mol. The maximum Gasteiger partial charge on any atom is 0.303 e. The van der Waals surface area contributed by atoms with E-state index in [1.54, 1.807) is 7.11 Å². The van der Waals surface area contributed by atoms with E-state index < -0.39 is 5.97 Å². The molecule has 2 aromatic rings. The molecule has 0 saturated heterocycles. The van der Waals surface area contributed by atoms with Crippen LogP contribution in [0.2, 0.25) is 0 Å². The lowest BCUT2D eigenvalue weighted by Crippen LogP contribution is -2.07. The molecule has 0 aliphatic rings. The van der Waals surface area contributed by atoms with E-state index in [-0.39, 0.29) is 12.3 Å². The summed E-state index contributed by atoms with van der Waals surface area (Å²) in [5.74, 6) is 0.735. The molecule has 0 aliphatic carbocycles. The molecule has 2 rings (SSSR count). The van der Waals surface area contributed by atoms with Crippen LogP contribution in [0, 0.1) is 5.92 Å². The summed E-state index contributed by atoms with van der Waals surface area (Å²) in [5, 5.41) is 12.7. The summed E-state index contributed by atoms with van der Waals surface area (Å²) in [5.41, 5.74) is 0.795. The summed E-state index contributed by atoms with van der Waals surface area (Å²) in [6.07, 6.45) is 0.516. The van der Waals surface area contributed by atoms with Crippen LogP contribution in [-0.2, 0) is 11.2 Å². The molecule has 0 spiro atoms. The molecule has 1 aromatic heterocycles. The lowest BCUT2D eigenvalue weighted by atomic mass is 10.0. The smallest absolute Gasteiger partial charge is 0.303 e. The summed E-state index contributed by atoms with van der Waals surface area (Å²) < 4.78 is 11.1. The second-order valence-corrected chi connectivity index (χ2v) is 5.62. The predicted molar refractivity (Wildman–Crippen MR) is 79.1 cm³/mol. The second kappa shape index (κ2) is 6.71. The monoisotopic (exact) mass is 354 g/mol. The number of carboxylic acids is 1. The zero-order valence-corrected chi connectivity index (χ0v) is 13.3. The Labute approximate surface area is 130 Å². The third-order valence-corrected chi connectivity index (χ3v) is 3.54. The van der Waals surface area contributed by atoms with Crippen LogP contribution in [-0.4, -0.2) is 28.3 Å². The van der Waals surface area contributed by atoms with Gasteiger partial charge in [0.25, 0.3) is 0 Å². The van der Waals surface area contributed by atoms with Crippen molar-refractivity contribution in [3.8, 4) is 17.1 Å². The molecule has 21 heavy (non-hydrogen) atoms. The summed E-state index contributed by atoms with van der Waals surface area (Å²) in [7, 11) is 1.59. The van der Waals surface area contributed by atoms with Crippen molar-refractivity contribution in [3.63, 3.8) is 0 Å². The largest absolute Gasteiger partial charge is 0.496 e. The third-order valence-electron chi connectivity index (χ3n) is 2.92. The Bertz CT molecular complexity index is 642. The fourth-order valence-electron chi connectivity index (χ4n) is 1.93. The van der Waals surface area contributed by atoms with Gasteiger partial charge in [0.2, 0.25) is 11.7 Å². The fraction of sp³-hybridized carbons (Fsp3) is 0.357. The molecule has 0 aliphatic heterocycles. The van der Waals surface area contributed by atoms with Crippen molar-refractivity contribution < 1.29 is 19.2 Å². The van der Waals surface area contributed by atoms with Gasteiger partial charge in [0, 0.05) is 18.4 Å². The topological polar surface area (TPSA) is 85.5 Å². The number of ether oxygens (including phenoxy) is 1. The molecule has 1 N–H and O–H groups in total. The van der Waals surface area contributed by atoms with Crippen LogP contribution in [0.1, 0.15) is 19.2 Å². The molecule has 6 nitrogen and oxygen atoms in total. The quantitative estimate of drug-likeness (QED) is 0.857. The highest BCUT2D eigenvalue weighted by Gasteiger charge is 2.15. The van der Waals surface area contributed by atoms with Gasteiger partial charge < -0.3 is 14.4 Å².